The molecule has 4 nitrogen and oxygen atoms in total. The second-order valence-corrected chi connectivity index (χ2v) is 7.29. The largest absolute Gasteiger partial charge is 0.326 e. The zero-order chi connectivity index (χ0) is 18.6. The summed E-state index contributed by atoms with van der Waals surface area (Å²) < 4.78 is 0. The van der Waals surface area contributed by atoms with Gasteiger partial charge in [0, 0.05) is 17.7 Å². The first-order chi connectivity index (χ1) is 11.7. The average Bonchev–Trinajstić information content (AvgIpc) is 2.57. The molecule has 25 heavy (non-hydrogen) atoms. The lowest BCUT2D eigenvalue weighted by atomic mass is 9.87. The van der Waals surface area contributed by atoms with Crippen LogP contribution in [0.15, 0.2) is 42.5 Å². The zero-order valence-electron chi connectivity index (χ0n) is 14.9. The van der Waals surface area contributed by atoms with E-state index in [0.717, 1.165) is 5.56 Å². The molecule has 0 fully saturated rings. The van der Waals surface area contributed by atoms with Crippen molar-refractivity contribution in [2.75, 3.05) is 10.6 Å². The molecule has 0 aliphatic heterocycles. The van der Waals surface area contributed by atoms with Crippen molar-refractivity contribution in [1.29, 1.82) is 0 Å². The van der Waals surface area contributed by atoms with Gasteiger partial charge in [0.15, 0.2) is 0 Å². The molecule has 2 aromatic rings. The van der Waals surface area contributed by atoms with Gasteiger partial charge in [-0.2, -0.15) is 0 Å². The van der Waals surface area contributed by atoms with E-state index in [1.54, 1.807) is 37.3 Å². The van der Waals surface area contributed by atoms with Crippen molar-refractivity contribution in [3.05, 3.63) is 58.6 Å². The van der Waals surface area contributed by atoms with Crippen LogP contribution in [0.1, 0.15) is 50.0 Å². The van der Waals surface area contributed by atoms with E-state index in [4.69, 9.17) is 11.6 Å². The Kier molecular flexibility index (Phi) is 5.85. The third-order valence-corrected chi connectivity index (χ3v) is 4.16. The Bertz CT molecular complexity index is 777. The lowest BCUT2D eigenvalue weighted by molar-refractivity contribution is -0.115. The molecule has 0 radical (unpaired) electrons. The quantitative estimate of drug-likeness (QED) is 0.785. The first-order valence-electron chi connectivity index (χ1n) is 8.22. The minimum Gasteiger partial charge on any atom is -0.326 e. The molecule has 0 aliphatic rings. The molecule has 2 aromatic carbocycles. The van der Waals surface area contributed by atoms with Gasteiger partial charge in [-0.1, -0.05) is 51.4 Å². The maximum Gasteiger partial charge on any atom is 0.255 e. The molecule has 2 rings (SSSR count). The summed E-state index contributed by atoms with van der Waals surface area (Å²) in [6, 6.07) is 12.5. The molecular weight excluding hydrogens is 336 g/mol. The van der Waals surface area contributed by atoms with Gasteiger partial charge in [-0.3, -0.25) is 9.59 Å². The molecule has 5 heteroatoms. The normalized spacial score (nSPS) is 11.1. The van der Waals surface area contributed by atoms with Gasteiger partial charge in [0.25, 0.3) is 5.91 Å². The third-order valence-electron chi connectivity index (χ3n) is 3.83. The smallest absolute Gasteiger partial charge is 0.255 e. The van der Waals surface area contributed by atoms with Crippen LogP contribution in [0, 0.1) is 0 Å². The van der Waals surface area contributed by atoms with Gasteiger partial charge in [-0.05, 0) is 41.3 Å². The van der Waals surface area contributed by atoms with Crippen molar-refractivity contribution in [1.82, 2.24) is 0 Å². The first kappa shape index (κ1) is 19.0. The number of benzene rings is 2. The number of carbonyl (C=O) groups excluding carboxylic acids is 2. The molecule has 0 heterocycles. The Morgan fingerprint density at radius 1 is 1.00 bits per heavy atom. The van der Waals surface area contributed by atoms with E-state index in [-0.39, 0.29) is 17.2 Å². The van der Waals surface area contributed by atoms with Crippen LogP contribution in [0.25, 0.3) is 0 Å². The molecular formula is C20H23ClN2O2. The van der Waals surface area contributed by atoms with E-state index in [1.807, 2.05) is 12.1 Å². The summed E-state index contributed by atoms with van der Waals surface area (Å²) in [5, 5.41) is 5.95. The number of halogens is 1. The fraction of sp³-hybridized carbons (Fsp3) is 0.300. The second kappa shape index (κ2) is 7.70. The van der Waals surface area contributed by atoms with Crippen molar-refractivity contribution < 1.29 is 9.59 Å². The van der Waals surface area contributed by atoms with E-state index in [2.05, 4.69) is 31.4 Å². The molecule has 2 N–H and O–H groups in total. The Balaban J connectivity index is 2.17. The number of anilines is 2. The van der Waals surface area contributed by atoms with Crippen LogP contribution >= 0.6 is 11.6 Å². The van der Waals surface area contributed by atoms with Crippen molar-refractivity contribution in [3.63, 3.8) is 0 Å². The molecule has 0 saturated heterocycles. The Hall–Kier alpha value is -2.33. The average molecular weight is 359 g/mol. The van der Waals surface area contributed by atoms with Gasteiger partial charge in [-0.15, -0.1) is 0 Å². The highest BCUT2D eigenvalue weighted by Gasteiger charge is 2.15. The number of rotatable bonds is 4. The topological polar surface area (TPSA) is 58.2 Å². The summed E-state index contributed by atoms with van der Waals surface area (Å²) >= 11 is 6.16. The van der Waals surface area contributed by atoms with Crippen LogP contribution in [0.4, 0.5) is 11.4 Å². The SMILES string of the molecule is CCC(=O)Nc1ccc(Cl)c(NC(=O)c2ccc(C(C)(C)C)cc2)c1. The molecule has 0 atom stereocenters. The molecule has 2 amide bonds. The minimum atomic E-state index is -0.249. The monoisotopic (exact) mass is 358 g/mol. The summed E-state index contributed by atoms with van der Waals surface area (Å²) in [6.07, 6.45) is 0.379. The maximum absolute atomic E-state index is 12.5. The van der Waals surface area contributed by atoms with Crippen LogP contribution in [0.3, 0.4) is 0 Å². The lowest BCUT2D eigenvalue weighted by Crippen LogP contribution is -2.15. The van der Waals surface area contributed by atoms with Crippen LogP contribution in [-0.4, -0.2) is 11.8 Å². The molecule has 0 aromatic heterocycles. The molecule has 0 bridgehead atoms. The standard InChI is InChI=1S/C20H23ClN2O2/c1-5-18(24)22-15-10-11-16(21)17(12-15)23-19(25)13-6-8-14(9-7-13)20(2,3)4/h6-12H,5H2,1-4H3,(H,22,24)(H,23,25). The van der Waals surface area contributed by atoms with Crippen molar-refractivity contribution in [3.8, 4) is 0 Å². The van der Waals surface area contributed by atoms with Gasteiger partial charge in [-0.25, -0.2) is 0 Å². The first-order valence-corrected chi connectivity index (χ1v) is 8.60. The predicted molar refractivity (Wildman–Crippen MR) is 103 cm³/mol. The predicted octanol–water partition coefficient (Wildman–Crippen LogP) is 5.24. The van der Waals surface area contributed by atoms with Crippen LogP contribution in [0.2, 0.25) is 5.02 Å². The number of nitrogens with one attached hydrogen (secondary N) is 2. The number of amides is 2. The summed E-state index contributed by atoms with van der Waals surface area (Å²) in [4.78, 5) is 24.0. The van der Waals surface area contributed by atoms with Crippen LogP contribution in [-0.2, 0) is 10.2 Å². The van der Waals surface area contributed by atoms with Gasteiger partial charge in [0.05, 0.1) is 10.7 Å². The Morgan fingerprint density at radius 3 is 2.20 bits per heavy atom. The zero-order valence-corrected chi connectivity index (χ0v) is 15.7. The van der Waals surface area contributed by atoms with Crippen LogP contribution < -0.4 is 10.6 Å². The lowest BCUT2D eigenvalue weighted by Gasteiger charge is -2.19. The molecule has 0 spiro atoms. The molecule has 132 valence electrons. The fourth-order valence-electron chi connectivity index (χ4n) is 2.26. The number of hydrogen-bond donors (Lipinski definition) is 2. The van der Waals surface area contributed by atoms with Crippen molar-refractivity contribution in [2.24, 2.45) is 0 Å². The third kappa shape index (κ3) is 5.07. The van der Waals surface area contributed by atoms with Gasteiger partial charge in [0.2, 0.25) is 5.91 Å². The highest BCUT2D eigenvalue weighted by molar-refractivity contribution is 6.34. The minimum absolute atomic E-state index is 0.0319. The van der Waals surface area contributed by atoms with E-state index >= 15 is 0 Å². The molecule has 0 saturated carbocycles. The molecule has 0 unspecified atom stereocenters. The highest BCUT2D eigenvalue weighted by atomic mass is 35.5. The maximum atomic E-state index is 12.5. The molecule has 0 aliphatic carbocycles. The van der Waals surface area contributed by atoms with Crippen molar-refractivity contribution in [2.45, 2.75) is 39.5 Å². The van der Waals surface area contributed by atoms with Gasteiger partial charge in [0.1, 0.15) is 0 Å². The number of hydrogen-bond acceptors (Lipinski definition) is 2. The van der Waals surface area contributed by atoms with E-state index in [1.165, 1.54) is 0 Å². The van der Waals surface area contributed by atoms with Crippen LogP contribution in [0.5, 0.6) is 0 Å². The van der Waals surface area contributed by atoms with Crippen molar-refractivity contribution >= 4 is 34.8 Å². The Morgan fingerprint density at radius 2 is 1.64 bits per heavy atom. The summed E-state index contributed by atoms with van der Waals surface area (Å²) in [5.41, 5.74) is 2.79. The fourth-order valence-corrected chi connectivity index (χ4v) is 2.43. The summed E-state index contributed by atoms with van der Waals surface area (Å²) in [5.74, 6) is -0.348. The van der Waals surface area contributed by atoms with Gasteiger partial charge >= 0.3 is 0 Å². The van der Waals surface area contributed by atoms with E-state index in [9.17, 15) is 9.59 Å². The summed E-state index contributed by atoms with van der Waals surface area (Å²) in [7, 11) is 0. The van der Waals surface area contributed by atoms with Gasteiger partial charge < -0.3 is 10.6 Å². The summed E-state index contributed by atoms with van der Waals surface area (Å²) in [6.45, 7) is 8.14. The Labute approximate surface area is 153 Å². The second-order valence-electron chi connectivity index (χ2n) is 6.88. The highest BCUT2D eigenvalue weighted by Crippen LogP contribution is 2.27. The number of carbonyl (C=O) groups is 2. The van der Waals surface area contributed by atoms with E-state index in [0.29, 0.717) is 28.4 Å². The van der Waals surface area contributed by atoms with E-state index < -0.39 is 0 Å².